The predicted molar refractivity (Wildman–Crippen MR) is 142 cm³/mol. The fraction of sp³-hybridized carbons (Fsp3) is 0.233. The molecule has 2 heterocycles. The van der Waals surface area contributed by atoms with Crippen LogP contribution in [0.25, 0.3) is 22.4 Å². The van der Waals surface area contributed by atoms with Gasteiger partial charge in [-0.05, 0) is 53.8 Å². The van der Waals surface area contributed by atoms with Crippen LogP contribution in [0.5, 0.6) is 0 Å². The molecule has 1 aromatic heterocycles. The molecule has 1 N–H and O–H groups in total. The maximum atomic E-state index is 12.6. The van der Waals surface area contributed by atoms with E-state index in [1.165, 1.54) is 31.2 Å². The third kappa shape index (κ3) is 5.93. The van der Waals surface area contributed by atoms with Crippen LogP contribution < -0.4 is 10.2 Å². The van der Waals surface area contributed by atoms with Gasteiger partial charge in [0.15, 0.2) is 5.82 Å². The molecule has 0 aliphatic carbocycles. The zero-order chi connectivity index (χ0) is 23.9. The third-order valence-electron chi connectivity index (χ3n) is 6.47. The average molecular weight is 463 g/mol. The van der Waals surface area contributed by atoms with Gasteiger partial charge in [-0.3, -0.25) is 4.79 Å². The minimum absolute atomic E-state index is 0.0354. The van der Waals surface area contributed by atoms with E-state index in [1.807, 2.05) is 60.7 Å². The van der Waals surface area contributed by atoms with Crippen LogP contribution in [0, 0.1) is 0 Å². The molecule has 1 saturated heterocycles. The fourth-order valence-corrected chi connectivity index (χ4v) is 4.51. The highest BCUT2D eigenvalue weighted by molar-refractivity contribution is 5.92. The lowest BCUT2D eigenvalue weighted by Crippen LogP contribution is -2.25. The second-order valence-corrected chi connectivity index (χ2v) is 9.04. The van der Waals surface area contributed by atoms with Crippen LogP contribution in [0.3, 0.4) is 0 Å². The van der Waals surface area contributed by atoms with Crippen molar-refractivity contribution in [2.45, 2.75) is 32.1 Å². The van der Waals surface area contributed by atoms with Gasteiger partial charge in [-0.2, -0.15) is 0 Å². The molecule has 3 aromatic carbocycles. The van der Waals surface area contributed by atoms with E-state index < -0.39 is 0 Å². The molecule has 176 valence electrons. The lowest BCUT2D eigenvalue weighted by atomic mass is 10.0. The first-order chi connectivity index (χ1) is 17.2. The highest BCUT2D eigenvalue weighted by Crippen LogP contribution is 2.23. The van der Waals surface area contributed by atoms with E-state index in [2.05, 4.69) is 50.7 Å². The monoisotopic (exact) mass is 462 g/mol. The summed E-state index contributed by atoms with van der Waals surface area (Å²) in [5, 5.41) is 11.9. The predicted octanol–water partition coefficient (Wildman–Crippen LogP) is 6.37. The molecule has 0 spiro atoms. The smallest absolute Gasteiger partial charge is 0.228 e. The van der Waals surface area contributed by atoms with Crippen LogP contribution in [-0.2, 0) is 11.2 Å². The standard InChI is InChI=1S/C30H30N4O/c35-30(22-23-10-12-25(13-11-23)24-8-4-3-5-9-24)31-27-16-14-26(15-17-27)28-18-19-29(33-32-28)34-20-6-1-2-7-21-34/h3-5,8-19H,1-2,6-7,20-22H2,(H,31,35). The fourth-order valence-electron chi connectivity index (χ4n) is 4.51. The molecule has 0 saturated carbocycles. The number of nitrogens with one attached hydrogen (secondary N) is 1. The van der Waals surface area contributed by atoms with Crippen molar-refractivity contribution in [3.63, 3.8) is 0 Å². The first-order valence-corrected chi connectivity index (χ1v) is 12.4. The Morgan fingerprint density at radius 1 is 0.686 bits per heavy atom. The zero-order valence-corrected chi connectivity index (χ0v) is 19.9. The molecule has 0 bridgehead atoms. The van der Waals surface area contributed by atoms with Gasteiger partial charge in [0.1, 0.15) is 0 Å². The molecule has 1 amide bonds. The van der Waals surface area contributed by atoms with Crippen LogP contribution >= 0.6 is 0 Å². The van der Waals surface area contributed by atoms with Crippen molar-refractivity contribution in [1.82, 2.24) is 10.2 Å². The van der Waals surface area contributed by atoms with E-state index in [1.54, 1.807) is 0 Å². The molecular weight excluding hydrogens is 432 g/mol. The van der Waals surface area contributed by atoms with E-state index >= 15 is 0 Å². The number of carbonyl (C=O) groups excluding carboxylic acids is 1. The molecule has 4 aromatic rings. The molecular formula is C30H30N4O. The van der Waals surface area contributed by atoms with Crippen molar-refractivity contribution >= 4 is 17.4 Å². The average Bonchev–Trinajstić information content (AvgIpc) is 3.20. The highest BCUT2D eigenvalue weighted by Gasteiger charge is 2.12. The zero-order valence-electron chi connectivity index (χ0n) is 19.9. The molecule has 5 nitrogen and oxygen atoms in total. The van der Waals surface area contributed by atoms with Crippen molar-refractivity contribution < 1.29 is 4.79 Å². The lowest BCUT2D eigenvalue weighted by Gasteiger charge is -2.20. The number of amides is 1. The summed E-state index contributed by atoms with van der Waals surface area (Å²) in [5.41, 5.74) is 5.89. The van der Waals surface area contributed by atoms with Gasteiger partial charge in [0.05, 0.1) is 12.1 Å². The molecule has 5 rings (SSSR count). The van der Waals surface area contributed by atoms with Gasteiger partial charge < -0.3 is 10.2 Å². The number of benzene rings is 3. The lowest BCUT2D eigenvalue weighted by molar-refractivity contribution is -0.115. The Kier molecular flexibility index (Phi) is 7.13. The maximum absolute atomic E-state index is 12.6. The number of aromatic nitrogens is 2. The van der Waals surface area contributed by atoms with E-state index in [9.17, 15) is 4.79 Å². The van der Waals surface area contributed by atoms with E-state index in [4.69, 9.17) is 0 Å². The highest BCUT2D eigenvalue weighted by atomic mass is 16.1. The van der Waals surface area contributed by atoms with E-state index in [0.29, 0.717) is 6.42 Å². The van der Waals surface area contributed by atoms with Gasteiger partial charge in [0, 0.05) is 24.3 Å². The minimum Gasteiger partial charge on any atom is -0.355 e. The first kappa shape index (κ1) is 22.8. The van der Waals surface area contributed by atoms with Gasteiger partial charge in [0.25, 0.3) is 0 Å². The summed E-state index contributed by atoms with van der Waals surface area (Å²) < 4.78 is 0. The summed E-state index contributed by atoms with van der Waals surface area (Å²) in [6.45, 7) is 2.11. The second-order valence-electron chi connectivity index (χ2n) is 9.04. The van der Waals surface area contributed by atoms with Crippen LogP contribution in [0.4, 0.5) is 11.5 Å². The third-order valence-corrected chi connectivity index (χ3v) is 6.47. The molecule has 5 heteroatoms. The topological polar surface area (TPSA) is 58.1 Å². The van der Waals surface area contributed by atoms with Gasteiger partial charge in [-0.25, -0.2) is 0 Å². The SMILES string of the molecule is O=C(Cc1ccc(-c2ccccc2)cc1)Nc1ccc(-c2ccc(N3CCCCCC3)nn2)cc1. The van der Waals surface area contributed by atoms with Gasteiger partial charge in [0.2, 0.25) is 5.91 Å². The largest absolute Gasteiger partial charge is 0.355 e. The molecule has 1 fully saturated rings. The molecule has 0 atom stereocenters. The first-order valence-electron chi connectivity index (χ1n) is 12.4. The Bertz CT molecular complexity index is 1230. The summed E-state index contributed by atoms with van der Waals surface area (Å²) in [7, 11) is 0. The van der Waals surface area contributed by atoms with Gasteiger partial charge in [-0.1, -0.05) is 79.6 Å². The number of carbonyl (C=O) groups is 1. The van der Waals surface area contributed by atoms with Crippen molar-refractivity contribution in [3.8, 4) is 22.4 Å². The molecule has 35 heavy (non-hydrogen) atoms. The van der Waals surface area contributed by atoms with Crippen LogP contribution in [-0.4, -0.2) is 29.2 Å². The number of rotatable bonds is 6. The Hall–Kier alpha value is -3.99. The van der Waals surface area contributed by atoms with Crippen LogP contribution in [0.1, 0.15) is 31.2 Å². The molecule has 1 aliphatic heterocycles. The summed E-state index contributed by atoms with van der Waals surface area (Å²) >= 11 is 0. The Balaban J connectivity index is 1.17. The Morgan fingerprint density at radius 2 is 1.34 bits per heavy atom. The number of hydrogen-bond acceptors (Lipinski definition) is 4. The normalized spacial score (nSPS) is 13.8. The van der Waals surface area contributed by atoms with E-state index in [-0.39, 0.29) is 5.91 Å². The summed E-state index contributed by atoms with van der Waals surface area (Å²) in [5.74, 6) is 0.920. The van der Waals surface area contributed by atoms with Crippen molar-refractivity contribution in [3.05, 3.63) is 96.6 Å². The molecule has 0 unspecified atom stereocenters. The maximum Gasteiger partial charge on any atom is 0.228 e. The number of nitrogens with zero attached hydrogens (tertiary/aromatic N) is 3. The van der Waals surface area contributed by atoms with Crippen LogP contribution in [0.15, 0.2) is 91.0 Å². The van der Waals surface area contributed by atoms with Crippen LogP contribution in [0.2, 0.25) is 0 Å². The quantitative estimate of drug-likeness (QED) is 0.362. The molecule has 0 radical (unpaired) electrons. The van der Waals surface area contributed by atoms with Crippen molar-refractivity contribution in [2.75, 3.05) is 23.3 Å². The Morgan fingerprint density at radius 3 is 2.00 bits per heavy atom. The minimum atomic E-state index is -0.0354. The summed E-state index contributed by atoms with van der Waals surface area (Å²) in [6.07, 6.45) is 5.36. The number of anilines is 2. The Labute approximate surface area is 206 Å². The van der Waals surface area contributed by atoms with Crippen molar-refractivity contribution in [2.24, 2.45) is 0 Å². The van der Waals surface area contributed by atoms with Crippen molar-refractivity contribution in [1.29, 1.82) is 0 Å². The van der Waals surface area contributed by atoms with Gasteiger partial charge in [-0.15, -0.1) is 10.2 Å². The van der Waals surface area contributed by atoms with Gasteiger partial charge >= 0.3 is 0 Å². The summed E-state index contributed by atoms with van der Waals surface area (Å²) in [6, 6.07) is 30.2. The molecule has 1 aliphatic rings. The number of hydrogen-bond donors (Lipinski definition) is 1. The second kappa shape index (κ2) is 11.0. The van der Waals surface area contributed by atoms with E-state index in [0.717, 1.165) is 47.0 Å². The summed E-state index contributed by atoms with van der Waals surface area (Å²) in [4.78, 5) is 14.9.